The maximum absolute atomic E-state index is 9.17. The van der Waals surface area contributed by atoms with Gasteiger partial charge in [0.25, 0.3) is 0 Å². The fourth-order valence-corrected chi connectivity index (χ4v) is 2.45. The molecule has 0 saturated heterocycles. The Hall–Kier alpha value is -1.68. The van der Waals surface area contributed by atoms with E-state index in [-0.39, 0.29) is 6.61 Å². The molecule has 0 unspecified atom stereocenters. The number of hydrogen-bond donors (Lipinski definition) is 1. The lowest BCUT2D eigenvalue weighted by Gasteiger charge is -2.09. The van der Waals surface area contributed by atoms with Crippen LogP contribution in [0.2, 0.25) is 0 Å². The summed E-state index contributed by atoms with van der Waals surface area (Å²) in [7, 11) is 3.28. The van der Waals surface area contributed by atoms with Crippen LogP contribution in [0, 0.1) is 0 Å². The molecule has 0 aliphatic carbocycles. The Kier molecular flexibility index (Phi) is 4.32. The third-order valence-electron chi connectivity index (χ3n) is 3.33. The van der Waals surface area contributed by atoms with E-state index in [1.54, 1.807) is 14.2 Å². The summed E-state index contributed by atoms with van der Waals surface area (Å²) in [6, 6.07) is 4.00. The molecule has 1 N–H and O–H groups in total. The number of aryl methyl sites for hydroxylation is 1. The third kappa shape index (κ3) is 2.54. The molecule has 0 bridgehead atoms. The molecule has 0 saturated carbocycles. The van der Waals surface area contributed by atoms with Crippen LogP contribution < -0.4 is 9.47 Å². The summed E-state index contributed by atoms with van der Waals surface area (Å²) in [6.07, 6.45) is 4.22. The van der Waals surface area contributed by atoms with E-state index in [4.69, 9.17) is 14.6 Å². The molecule has 0 atom stereocenters. The molecule has 19 heavy (non-hydrogen) atoms. The van der Waals surface area contributed by atoms with E-state index in [0.717, 1.165) is 29.9 Å². The van der Waals surface area contributed by atoms with Crippen molar-refractivity contribution in [3.05, 3.63) is 23.9 Å². The molecule has 1 aromatic heterocycles. The number of aliphatic hydroxyl groups excluding tert-OH is 1. The van der Waals surface area contributed by atoms with Crippen molar-refractivity contribution in [2.24, 2.45) is 0 Å². The lowest BCUT2D eigenvalue weighted by Crippen LogP contribution is -2.00. The molecule has 0 fully saturated rings. The van der Waals surface area contributed by atoms with Gasteiger partial charge in [-0.2, -0.15) is 0 Å². The van der Waals surface area contributed by atoms with E-state index in [9.17, 15) is 0 Å². The van der Waals surface area contributed by atoms with Gasteiger partial charge in [0.2, 0.25) is 0 Å². The number of fused-ring (bicyclic) bond motifs is 1. The fraction of sp³-hybridized carbons (Fsp3) is 0.467. The largest absolute Gasteiger partial charge is 0.493 e. The monoisotopic (exact) mass is 263 g/mol. The highest BCUT2D eigenvalue weighted by atomic mass is 16.5. The van der Waals surface area contributed by atoms with Crippen LogP contribution in [0.15, 0.2) is 18.3 Å². The van der Waals surface area contributed by atoms with Crippen LogP contribution in [0.1, 0.15) is 18.9 Å². The van der Waals surface area contributed by atoms with Gasteiger partial charge >= 0.3 is 0 Å². The normalized spacial score (nSPS) is 10.9. The van der Waals surface area contributed by atoms with E-state index in [1.807, 2.05) is 12.1 Å². The SMILES string of the molecule is CCCc1cn(CCO)c2cc(OC)c(OC)cc12. The molecule has 4 heteroatoms. The lowest BCUT2D eigenvalue weighted by molar-refractivity contribution is 0.278. The first kappa shape index (κ1) is 13.7. The smallest absolute Gasteiger partial charge is 0.162 e. The maximum Gasteiger partial charge on any atom is 0.162 e. The first-order chi connectivity index (χ1) is 9.24. The van der Waals surface area contributed by atoms with E-state index < -0.39 is 0 Å². The van der Waals surface area contributed by atoms with Crippen LogP contribution in [0.4, 0.5) is 0 Å². The molecule has 104 valence electrons. The van der Waals surface area contributed by atoms with Gasteiger partial charge in [0, 0.05) is 24.2 Å². The lowest BCUT2D eigenvalue weighted by atomic mass is 10.1. The summed E-state index contributed by atoms with van der Waals surface area (Å²) < 4.78 is 12.8. The molecule has 0 aliphatic heterocycles. The molecule has 4 nitrogen and oxygen atoms in total. The Balaban J connectivity index is 2.63. The number of aromatic nitrogens is 1. The summed E-state index contributed by atoms with van der Waals surface area (Å²) in [5.41, 5.74) is 2.36. The van der Waals surface area contributed by atoms with Crippen molar-refractivity contribution < 1.29 is 14.6 Å². The quantitative estimate of drug-likeness (QED) is 0.871. The Bertz CT molecular complexity index is 512. The topological polar surface area (TPSA) is 43.6 Å². The van der Waals surface area contributed by atoms with Crippen LogP contribution in [0.25, 0.3) is 10.9 Å². The Morgan fingerprint density at radius 3 is 2.42 bits per heavy atom. The maximum atomic E-state index is 9.17. The first-order valence-corrected chi connectivity index (χ1v) is 6.59. The Morgan fingerprint density at radius 2 is 1.84 bits per heavy atom. The second-order valence-electron chi connectivity index (χ2n) is 4.55. The van der Waals surface area contributed by atoms with E-state index in [2.05, 4.69) is 17.7 Å². The molecule has 0 radical (unpaired) electrons. The molecule has 2 rings (SSSR count). The zero-order valence-electron chi connectivity index (χ0n) is 11.8. The molecule has 0 amide bonds. The van der Waals surface area contributed by atoms with Crippen molar-refractivity contribution in [1.29, 1.82) is 0 Å². The number of nitrogens with zero attached hydrogens (tertiary/aromatic N) is 1. The van der Waals surface area contributed by atoms with Crippen LogP contribution in [-0.2, 0) is 13.0 Å². The summed E-state index contributed by atoms with van der Waals surface area (Å²) in [5.74, 6) is 1.46. The molecule has 1 heterocycles. The number of ether oxygens (including phenoxy) is 2. The molecule has 2 aromatic rings. The van der Waals surface area contributed by atoms with Crippen LogP contribution >= 0.6 is 0 Å². The zero-order valence-corrected chi connectivity index (χ0v) is 11.8. The highest BCUT2D eigenvalue weighted by Gasteiger charge is 2.13. The van der Waals surface area contributed by atoms with Gasteiger partial charge < -0.3 is 19.1 Å². The highest BCUT2D eigenvalue weighted by Crippen LogP contribution is 2.35. The van der Waals surface area contributed by atoms with Gasteiger partial charge in [-0.1, -0.05) is 13.3 Å². The zero-order chi connectivity index (χ0) is 13.8. The summed E-state index contributed by atoms with van der Waals surface area (Å²) in [5, 5.41) is 10.3. The number of hydrogen-bond acceptors (Lipinski definition) is 3. The minimum atomic E-state index is 0.129. The van der Waals surface area contributed by atoms with Crippen LogP contribution in [0.5, 0.6) is 11.5 Å². The van der Waals surface area contributed by atoms with Gasteiger partial charge in [-0.15, -0.1) is 0 Å². The van der Waals surface area contributed by atoms with Crippen molar-refractivity contribution in [1.82, 2.24) is 4.57 Å². The minimum Gasteiger partial charge on any atom is -0.493 e. The predicted molar refractivity (Wildman–Crippen MR) is 76.1 cm³/mol. The van der Waals surface area contributed by atoms with Crippen molar-refractivity contribution >= 4 is 10.9 Å². The van der Waals surface area contributed by atoms with Gasteiger partial charge in [0.05, 0.1) is 26.3 Å². The van der Waals surface area contributed by atoms with Gasteiger partial charge in [-0.05, 0) is 18.1 Å². The van der Waals surface area contributed by atoms with E-state index >= 15 is 0 Å². The number of aliphatic hydroxyl groups is 1. The third-order valence-corrected chi connectivity index (χ3v) is 3.33. The van der Waals surface area contributed by atoms with Gasteiger partial charge in [0.1, 0.15) is 0 Å². The molecular weight excluding hydrogens is 242 g/mol. The standard InChI is InChI=1S/C15H21NO3/c1-4-5-11-10-16(6-7-17)13-9-15(19-3)14(18-2)8-12(11)13/h8-10,17H,4-7H2,1-3H3. The average Bonchev–Trinajstić information content (AvgIpc) is 2.76. The summed E-state index contributed by atoms with van der Waals surface area (Å²) in [6.45, 7) is 2.88. The molecular formula is C15H21NO3. The van der Waals surface area contributed by atoms with E-state index in [0.29, 0.717) is 6.54 Å². The number of rotatable bonds is 6. The summed E-state index contributed by atoms with van der Waals surface area (Å²) >= 11 is 0. The van der Waals surface area contributed by atoms with Crippen molar-refractivity contribution in [2.75, 3.05) is 20.8 Å². The van der Waals surface area contributed by atoms with Gasteiger partial charge in [0.15, 0.2) is 11.5 Å². The first-order valence-electron chi connectivity index (χ1n) is 6.59. The second-order valence-corrected chi connectivity index (χ2v) is 4.55. The fourth-order valence-electron chi connectivity index (χ4n) is 2.45. The number of methoxy groups -OCH3 is 2. The Morgan fingerprint density at radius 1 is 1.16 bits per heavy atom. The van der Waals surface area contributed by atoms with Crippen molar-refractivity contribution in [3.8, 4) is 11.5 Å². The van der Waals surface area contributed by atoms with Crippen molar-refractivity contribution in [3.63, 3.8) is 0 Å². The van der Waals surface area contributed by atoms with Crippen LogP contribution in [0.3, 0.4) is 0 Å². The average molecular weight is 263 g/mol. The second kappa shape index (κ2) is 5.97. The minimum absolute atomic E-state index is 0.129. The molecule has 0 aliphatic rings. The van der Waals surface area contributed by atoms with Crippen LogP contribution in [-0.4, -0.2) is 30.5 Å². The number of benzene rings is 1. The highest BCUT2D eigenvalue weighted by molar-refractivity contribution is 5.87. The molecule has 1 aromatic carbocycles. The van der Waals surface area contributed by atoms with Gasteiger partial charge in [-0.3, -0.25) is 0 Å². The Labute approximate surface area is 113 Å². The summed E-state index contributed by atoms with van der Waals surface area (Å²) in [4.78, 5) is 0. The predicted octanol–water partition coefficient (Wildman–Crippen LogP) is 2.60. The van der Waals surface area contributed by atoms with Gasteiger partial charge in [-0.25, -0.2) is 0 Å². The van der Waals surface area contributed by atoms with Crippen molar-refractivity contribution in [2.45, 2.75) is 26.3 Å². The molecule has 0 spiro atoms. The van der Waals surface area contributed by atoms with E-state index in [1.165, 1.54) is 10.9 Å².